The summed E-state index contributed by atoms with van der Waals surface area (Å²) >= 11 is 0. The molecule has 2 heterocycles. The van der Waals surface area contributed by atoms with Crippen LogP contribution in [0.1, 0.15) is 0 Å². The van der Waals surface area contributed by atoms with Crippen LogP contribution in [0, 0.1) is 0 Å². The molecule has 0 atom stereocenters. The average molecular weight is 445 g/mol. The molecule has 0 unspecified atom stereocenters. The van der Waals surface area contributed by atoms with Gasteiger partial charge in [0.05, 0.1) is 16.6 Å². The van der Waals surface area contributed by atoms with E-state index in [0.29, 0.717) is 0 Å². The second kappa shape index (κ2) is 6.91. The number of fused-ring (bicyclic) bond motifs is 6. The maximum absolute atomic E-state index is 4.80. The molecule has 0 spiro atoms. The molecule has 0 bridgehead atoms. The second-order valence-electron chi connectivity index (χ2n) is 9.21. The van der Waals surface area contributed by atoms with Crippen molar-refractivity contribution < 1.29 is 0 Å². The zero-order valence-electron chi connectivity index (χ0n) is 18.9. The molecular weight excluding hydrogens is 424 g/mol. The first-order chi connectivity index (χ1) is 17.4. The minimum absolute atomic E-state index is 1.03. The Bertz CT molecular complexity index is 1910. The Morgan fingerprint density at radius 2 is 1.23 bits per heavy atom. The maximum Gasteiger partial charge on any atom is 0.0963 e. The van der Waals surface area contributed by atoms with E-state index in [1.807, 2.05) is 12.3 Å². The summed E-state index contributed by atoms with van der Waals surface area (Å²) in [5, 5.41) is 3.83. The highest BCUT2D eigenvalue weighted by atomic mass is 15.0. The van der Waals surface area contributed by atoms with Gasteiger partial charge < -0.3 is 4.57 Å². The summed E-state index contributed by atoms with van der Waals surface area (Å²) in [6, 6.07) is 41.6. The van der Waals surface area contributed by atoms with E-state index in [4.69, 9.17) is 4.98 Å². The van der Waals surface area contributed by atoms with Gasteiger partial charge in [-0.15, -0.1) is 0 Å². The van der Waals surface area contributed by atoms with Crippen LogP contribution in [0.15, 0.2) is 121 Å². The fourth-order valence-electron chi connectivity index (χ4n) is 5.92. The van der Waals surface area contributed by atoms with Crippen molar-refractivity contribution in [3.63, 3.8) is 0 Å². The highest BCUT2D eigenvalue weighted by Gasteiger charge is 2.22. The van der Waals surface area contributed by atoms with Crippen molar-refractivity contribution in [2.24, 2.45) is 0 Å². The van der Waals surface area contributed by atoms with Gasteiger partial charge in [-0.3, -0.25) is 4.98 Å². The van der Waals surface area contributed by atoms with Crippen LogP contribution in [0.5, 0.6) is 0 Å². The van der Waals surface area contributed by atoms with E-state index in [1.54, 1.807) is 0 Å². The molecule has 0 saturated carbocycles. The van der Waals surface area contributed by atoms with Crippen LogP contribution in [-0.4, -0.2) is 9.55 Å². The number of rotatable bonds is 2. The molecule has 35 heavy (non-hydrogen) atoms. The van der Waals surface area contributed by atoms with E-state index in [0.717, 1.165) is 16.7 Å². The summed E-state index contributed by atoms with van der Waals surface area (Å²) in [7, 11) is 0. The monoisotopic (exact) mass is 444 g/mol. The zero-order valence-corrected chi connectivity index (χ0v) is 18.9. The molecule has 0 N–H and O–H groups in total. The van der Waals surface area contributed by atoms with Gasteiger partial charge in [-0.1, -0.05) is 78.9 Å². The van der Waals surface area contributed by atoms with Crippen molar-refractivity contribution in [3.05, 3.63) is 121 Å². The number of hydrogen-bond donors (Lipinski definition) is 0. The van der Waals surface area contributed by atoms with Crippen molar-refractivity contribution in [1.29, 1.82) is 0 Å². The third kappa shape index (κ3) is 2.51. The Labute approximate surface area is 202 Å². The fourth-order valence-corrected chi connectivity index (χ4v) is 5.92. The lowest BCUT2D eigenvalue weighted by Gasteiger charge is -2.11. The Kier molecular flexibility index (Phi) is 3.69. The number of benzene rings is 5. The minimum atomic E-state index is 1.03. The van der Waals surface area contributed by atoms with Crippen molar-refractivity contribution in [1.82, 2.24) is 9.55 Å². The van der Waals surface area contributed by atoms with Gasteiger partial charge in [0, 0.05) is 17.3 Å². The van der Waals surface area contributed by atoms with E-state index in [9.17, 15) is 0 Å². The summed E-state index contributed by atoms with van der Waals surface area (Å²) in [4.78, 5) is 4.80. The summed E-state index contributed by atoms with van der Waals surface area (Å²) < 4.78 is 2.31. The minimum Gasteiger partial charge on any atom is -0.308 e. The summed E-state index contributed by atoms with van der Waals surface area (Å²) in [6.45, 7) is 0. The second-order valence-corrected chi connectivity index (χ2v) is 9.21. The molecule has 7 aromatic rings. The molecule has 5 aromatic carbocycles. The Morgan fingerprint density at radius 1 is 0.486 bits per heavy atom. The van der Waals surface area contributed by atoms with Crippen LogP contribution in [-0.2, 0) is 0 Å². The number of aromatic nitrogens is 2. The largest absolute Gasteiger partial charge is 0.308 e. The van der Waals surface area contributed by atoms with Gasteiger partial charge in [0.2, 0.25) is 0 Å². The number of hydrogen-bond acceptors (Lipinski definition) is 1. The van der Waals surface area contributed by atoms with Gasteiger partial charge in [-0.2, -0.15) is 0 Å². The molecule has 1 aliphatic rings. The Morgan fingerprint density at radius 3 is 2.09 bits per heavy atom. The van der Waals surface area contributed by atoms with Crippen LogP contribution in [0.4, 0.5) is 0 Å². The lowest BCUT2D eigenvalue weighted by Crippen LogP contribution is -1.93. The normalized spacial score (nSPS) is 12.0. The Balaban J connectivity index is 1.41. The molecule has 0 fully saturated rings. The third-order valence-electron chi connectivity index (χ3n) is 7.39. The van der Waals surface area contributed by atoms with E-state index in [2.05, 4.69) is 114 Å². The zero-order chi connectivity index (χ0) is 22.9. The topological polar surface area (TPSA) is 17.8 Å². The summed E-state index contributed by atoms with van der Waals surface area (Å²) in [5.74, 6) is 0. The van der Waals surface area contributed by atoms with Gasteiger partial charge in [-0.25, -0.2) is 0 Å². The van der Waals surface area contributed by atoms with Crippen LogP contribution in [0.25, 0.3) is 71.8 Å². The summed E-state index contributed by atoms with van der Waals surface area (Å²) in [5.41, 5.74) is 12.3. The van der Waals surface area contributed by atoms with Gasteiger partial charge >= 0.3 is 0 Å². The quantitative estimate of drug-likeness (QED) is 0.261. The molecule has 0 amide bonds. The van der Waals surface area contributed by atoms with Crippen molar-refractivity contribution in [3.8, 4) is 39.1 Å². The van der Waals surface area contributed by atoms with Gasteiger partial charge in [0.1, 0.15) is 0 Å². The van der Waals surface area contributed by atoms with E-state index in [-0.39, 0.29) is 0 Å². The highest BCUT2D eigenvalue weighted by molar-refractivity contribution is 6.19. The standard InChI is InChI=1S/C33H20N2/c1-2-8-22(9-3-1)35-30-18-15-21(20-29(30)33-31(35)14-7-19-34-33)23-16-17-28-25-11-5-4-10-24(25)27-13-6-12-26(23)32(27)28/h1-20H. The molecule has 2 heteroatoms. The first kappa shape index (κ1) is 18.7. The number of nitrogens with zero attached hydrogens (tertiary/aromatic N) is 2. The molecule has 2 nitrogen and oxygen atoms in total. The van der Waals surface area contributed by atoms with E-state index in [1.165, 1.54) is 55.1 Å². The van der Waals surface area contributed by atoms with Gasteiger partial charge in [-0.05, 0) is 80.6 Å². The van der Waals surface area contributed by atoms with Crippen LogP contribution < -0.4 is 0 Å². The third-order valence-corrected chi connectivity index (χ3v) is 7.39. The number of pyridine rings is 1. The Hall–Kier alpha value is -4.69. The molecule has 0 radical (unpaired) electrons. The summed E-state index contributed by atoms with van der Waals surface area (Å²) in [6.07, 6.45) is 1.89. The molecule has 162 valence electrons. The first-order valence-electron chi connectivity index (χ1n) is 12.0. The maximum atomic E-state index is 4.80. The van der Waals surface area contributed by atoms with E-state index >= 15 is 0 Å². The average Bonchev–Trinajstić information content (AvgIpc) is 3.43. The van der Waals surface area contributed by atoms with Crippen LogP contribution in [0.2, 0.25) is 0 Å². The van der Waals surface area contributed by atoms with Gasteiger partial charge in [0.25, 0.3) is 0 Å². The van der Waals surface area contributed by atoms with Crippen LogP contribution in [0.3, 0.4) is 0 Å². The first-order valence-corrected chi connectivity index (χ1v) is 12.0. The molecule has 2 aromatic heterocycles. The SMILES string of the molecule is c1ccc(-n2c3ccc(-c4ccc5c6c(cccc46)-c4ccccc4-5)cc3c3ncccc32)cc1. The van der Waals surface area contributed by atoms with E-state index < -0.39 is 0 Å². The fraction of sp³-hybridized carbons (Fsp3) is 0. The molecule has 8 rings (SSSR count). The highest BCUT2D eigenvalue weighted by Crippen LogP contribution is 2.49. The van der Waals surface area contributed by atoms with Gasteiger partial charge in [0.15, 0.2) is 0 Å². The van der Waals surface area contributed by atoms with Crippen LogP contribution >= 0.6 is 0 Å². The lowest BCUT2D eigenvalue weighted by molar-refractivity contribution is 1.18. The number of para-hydroxylation sites is 1. The molecule has 0 saturated heterocycles. The predicted octanol–water partition coefficient (Wildman–Crippen LogP) is 8.65. The van der Waals surface area contributed by atoms with Crippen molar-refractivity contribution in [2.75, 3.05) is 0 Å². The van der Waals surface area contributed by atoms with Crippen molar-refractivity contribution in [2.45, 2.75) is 0 Å². The lowest BCUT2D eigenvalue weighted by atomic mass is 9.94. The molecular formula is C33H20N2. The smallest absolute Gasteiger partial charge is 0.0963 e. The molecule has 0 aliphatic heterocycles. The predicted molar refractivity (Wildman–Crippen MR) is 146 cm³/mol. The molecule has 1 aliphatic carbocycles. The van der Waals surface area contributed by atoms with Crippen molar-refractivity contribution >= 4 is 32.7 Å².